The summed E-state index contributed by atoms with van der Waals surface area (Å²) in [5.41, 5.74) is 2.16. The zero-order chi connectivity index (χ0) is 36.2. The third-order valence-corrected chi connectivity index (χ3v) is 8.98. The van der Waals surface area contributed by atoms with Gasteiger partial charge >= 0.3 is 12.1 Å². The Morgan fingerprint density at radius 2 is 1.78 bits per heavy atom. The van der Waals surface area contributed by atoms with Crippen molar-refractivity contribution < 1.29 is 42.1 Å². The van der Waals surface area contributed by atoms with Gasteiger partial charge in [0.05, 0.1) is 53.9 Å². The number of fused-ring (bicyclic) bond motifs is 2. The van der Waals surface area contributed by atoms with Gasteiger partial charge < -0.3 is 30.1 Å². The fourth-order valence-corrected chi connectivity index (χ4v) is 6.11. The van der Waals surface area contributed by atoms with E-state index in [4.69, 9.17) is 24.5 Å². The van der Waals surface area contributed by atoms with Crippen molar-refractivity contribution in [3.8, 4) is 17.5 Å². The summed E-state index contributed by atoms with van der Waals surface area (Å²) in [5, 5.41) is 28.7. The number of ether oxygens (including phenoxy) is 2. The molecule has 1 spiro atoms. The SMILES string of the molecule is CN[C@@H](C)C(=O)N[C@@H]1C(=O)N(Cc2nn(-c3ccccc3C#N)c3ccccc23)c2ccc(Br)cc2OC12CCOCC2.O=C(O)C(F)(F)F. The lowest BCUT2D eigenvalue weighted by molar-refractivity contribution is -0.192. The molecule has 4 aromatic rings. The van der Waals surface area contributed by atoms with Crippen molar-refractivity contribution in [1.29, 1.82) is 5.26 Å². The number of rotatable bonds is 6. The monoisotopic (exact) mass is 756 g/mol. The smallest absolute Gasteiger partial charge is 0.482 e. The van der Waals surface area contributed by atoms with Crippen LogP contribution in [0.1, 0.15) is 31.0 Å². The topological polar surface area (TPSA) is 159 Å². The highest BCUT2D eigenvalue weighted by Crippen LogP contribution is 2.43. The van der Waals surface area contributed by atoms with E-state index in [-0.39, 0.29) is 18.4 Å². The lowest BCUT2D eigenvalue weighted by Crippen LogP contribution is -2.65. The second kappa shape index (κ2) is 14.9. The Balaban J connectivity index is 0.000000630. The molecule has 12 nitrogen and oxygen atoms in total. The fraction of sp³-hybridized carbons (Fsp3) is 0.324. The number of halogens is 4. The summed E-state index contributed by atoms with van der Waals surface area (Å²) in [6, 6.07) is 21.3. The number of para-hydroxylation sites is 2. The van der Waals surface area contributed by atoms with Crippen LogP contribution in [0.25, 0.3) is 16.6 Å². The van der Waals surface area contributed by atoms with Crippen LogP contribution < -0.4 is 20.3 Å². The van der Waals surface area contributed by atoms with Gasteiger partial charge in [0.1, 0.15) is 23.5 Å². The van der Waals surface area contributed by atoms with Crippen molar-refractivity contribution in [2.24, 2.45) is 0 Å². The molecule has 0 radical (unpaired) electrons. The number of nitriles is 1. The Morgan fingerprint density at radius 1 is 1.12 bits per heavy atom. The summed E-state index contributed by atoms with van der Waals surface area (Å²) in [7, 11) is 1.70. The number of likely N-dealkylation sites (N-methyl/N-ethyl adjacent to an activating group) is 1. The number of carboxylic acids is 1. The molecule has 16 heteroatoms. The van der Waals surface area contributed by atoms with E-state index in [1.807, 2.05) is 60.7 Å². The molecule has 3 aromatic carbocycles. The van der Waals surface area contributed by atoms with Crippen molar-refractivity contribution in [3.63, 3.8) is 0 Å². The Labute approximate surface area is 292 Å². The molecule has 2 aliphatic rings. The zero-order valence-electron chi connectivity index (χ0n) is 26.8. The van der Waals surface area contributed by atoms with Gasteiger partial charge in [-0.1, -0.05) is 46.3 Å². The summed E-state index contributed by atoms with van der Waals surface area (Å²) in [6.07, 6.45) is -4.22. The highest BCUT2D eigenvalue weighted by atomic mass is 79.9. The molecule has 1 saturated heterocycles. The molecular formula is C34H32BrF3N6O6. The maximum atomic E-state index is 14.7. The number of aromatic nitrogens is 2. The van der Waals surface area contributed by atoms with Crippen molar-refractivity contribution >= 4 is 50.3 Å². The van der Waals surface area contributed by atoms with E-state index in [1.54, 1.807) is 29.6 Å². The van der Waals surface area contributed by atoms with E-state index in [2.05, 4.69) is 32.6 Å². The molecular weight excluding hydrogens is 725 g/mol. The number of carboxylic acid groups (broad SMARTS) is 1. The van der Waals surface area contributed by atoms with Gasteiger partial charge in [-0.15, -0.1) is 0 Å². The van der Waals surface area contributed by atoms with Crippen LogP contribution in [0.2, 0.25) is 0 Å². The molecule has 0 bridgehead atoms. The first-order chi connectivity index (χ1) is 23.8. The second-order valence-electron chi connectivity index (χ2n) is 11.6. The minimum Gasteiger partial charge on any atom is -0.482 e. The Bertz CT molecular complexity index is 1960. The van der Waals surface area contributed by atoms with Crippen LogP contribution >= 0.6 is 15.9 Å². The number of hydrogen-bond acceptors (Lipinski definition) is 8. The van der Waals surface area contributed by atoms with Crippen molar-refractivity contribution in [2.75, 3.05) is 25.2 Å². The number of carbonyl (C=O) groups is 3. The maximum absolute atomic E-state index is 14.7. The number of hydrogen-bond donors (Lipinski definition) is 3. The minimum absolute atomic E-state index is 0.111. The molecule has 3 heterocycles. The van der Waals surface area contributed by atoms with Crippen LogP contribution in [0.4, 0.5) is 18.9 Å². The summed E-state index contributed by atoms with van der Waals surface area (Å²) in [4.78, 5) is 38.5. The molecule has 0 aliphatic carbocycles. The highest BCUT2D eigenvalue weighted by Gasteiger charge is 2.52. The lowest BCUT2D eigenvalue weighted by Gasteiger charge is -2.41. The predicted octanol–water partition coefficient (Wildman–Crippen LogP) is 4.86. The number of anilines is 1. The Kier molecular flexibility index (Phi) is 10.8. The van der Waals surface area contributed by atoms with Gasteiger partial charge in [-0.25, -0.2) is 9.48 Å². The minimum atomic E-state index is -5.08. The second-order valence-corrected chi connectivity index (χ2v) is 12.5. The van der Waals surface area contributed by atoms with Gasteiger partial charge in [0.15, 0.2) is 0 Å². The van der Waals surface area contributed by atoms with Gasteiger partial charge in [-0.2, -0.15) is 23.5 Å². The number of aliphatic carboxylic acids is 1. The maximum Gasteiger partial charge on any atom is 0.490 e. The Morgan fingerprint density at radius 3 is 2.44 bits per heavy atom. The zero-order valence-corrected chi connectivity index (χ0v) is 28.4. The predicted molar refractivity (Wildman–Crippen MR) is 179 cm³/mol. The average Bonchev–Trinajstić information content (AvgIpc) is 3.43. The van der Waals surface area contributed by atoms with Crippen molar-refractivity contribution in [1.82, 2.24) is 20.4 Å². The molecule has 3 N–H and O–H groups in total. The molecule has 6 rings (SSSR count). The first-order valence-corrected chi connectivity index (χ1v) is 16.2. The van der Waals surface area contributed by atoms with Gasteiger partial charge in [0.25, 0.3) is 5.91 Å². The molecule has 0 unspecified atom stereocenters. The van der Waals surface area contributed by atoms with E-state index in [0.717, 1.165) is 15.4 Å². The van der Waals surface area contributed by atoms with E-state index in [9.17, 15) is 28.0 Å². The molecule has 0 saturated carbocycles. The van der Waals surface area contributed by atoms with Crippen LogP contribution in [0.15, 0.2) is 71.2 Å². The number of amides is 2. The Hall–Kier alpha value is -4.98. The van der Waals surface area contributed by atoms with Crippen LogP contribution in [0.5, 0.6) is 5.75 Å². The molecule has 2 aliphatic heterocycles. The average molecular weight is 758 g/mol. The molecule has 50 heavy (non-hydrogen) atoms. The van der Waals surface area contributed by atoms with Crippen molar-refractivity contribution in [3.05, 3.63) is 82.5 Å². The third kappa shape index (κ3) is 7.44. The first kappa shape index (κ1) is 36.3. The summed E-state index contributed by atoms with van der Waals surface area (Å²) < 4.78 is 46.7. The molecule has 1 fully saturated rings. The number of alkyl halides is 3. The van der Waals surface area contributed by atoms with Gasteiger partial charge in [-0.05, 0) is 50.4 Å². The van der Waals surface area contributed by atoms with E-state index in [0.29, 0.717) is 54.4 Å². The summed E-state index contributed by atoms with van der Waals surface area (Å²) >= 11 is 3.56. The van der Waals surface area contributed by atoms with Crippen LogP contribution in [-0.4, -0.2) is 76.8 Å². The standard InChI is InChI=1S/C32H31BrN6O4.C2HF3O2/c1-20(35-2)30(40)36-29-31(41)38(27-12-11-22(33)17-28(27)43-32(29)13-15-42-16-14-32)19-24-23-8-4-6-10-26(23)39(37-24)25-9-5-3-7-21(25)18-34;3-2(4,5)1(6)7/h3-12,17,20,29,35H,13-16,19H2,1-2H3,(H,36,40);(H,6,7)/t20-,29+;/m0./s1. The lowest BCUT2D eigenvalue weighted by atomic mass is 9.84. The summed E-state index contributed by atoms with van der Waals surface area (Å²) in [6.45, 7) is 2.66. The van der Waals surface area contributed by atoms with E-state index in [1.165, 1.54) is 0 Å². The fourth-order valence-electron chi connectivity index (χ4n) is 5.77. The van der Waals surface area contributed by atoms with Gasteiger partial charge in [0, 0.05) is 22.7 Å². The van der Waals surface area contributed by atoms with Gasteiger partial charge in [-0.3, -0.25) is 9.59 Å². The largest absolute Gasteiger partial charge is 0.490 e. The summed E-state index contributed by atoms with van der Waals surface area (Å²) in [5.74, 6) is -2.82. The molecule has 2 atom stereocenters. The molecule has 262 valence electrons. The number of benzene rings is 3. The number of nitrogens with one attached hydrogen (secondary N) is 2. The number of nitrogens with zero attached hydrogens (tertiary/aromatic N) is 4. The first-order valence-electron chi connectivity index (χ1n) is 15.4. The van der Waals surface area contributed by atoms with Crippen molar-refractivity contribution in [2.45, 2.75) is 50.2 Å². The van der Waals surface area contributed by atoms with Crippen LogP contribution in [0.3, 0.4) is 0 Å². The normalized spacial score (nSPS) is 17.4. The van der Waals surface area contributed by atoms with Crippen LogP contribution in [0, 0.1) is 11.3 Å². The quantitative estimate of drug-likeness (QED) is 0.250. The molecule has 1 aromatic heterocycles. The highest BCUT2D eigenvalue weighted by molar-refractivity contribution is 9.10. The number of carbonyl (C=O) groups excluding carboxylic acids is 2. The van der Waals surface area contributed by atoms with Crippen LogP contribution in [-0.2, 0) is 25.7 Å². The van der Waals surface area contributed by atoms with Gasteiger partial charge in [0.2, 0.25) is 5.91 Å². The third-order valence-electron chi connectivity index (χ3n) is 8.48. The molecule has 2 amide bonds. The van der Waals surface area contributed by atoms with E-state index < -0.39 is 29.8 Å². The van der Waals surface area contributed by atoms with E-state index >= 15 is 0 Å².